The molecule has 0 saturated carbocycles. The van der Waals surface area contributed by atoms with E-state index in [9.17, 15) is 0 Å². The van der Waals surface area contributed by atoms with Gasteiger partial charge in [0, 0.05) is 6.04 Å². The Hall–Kier alpha value is -0.820. The van der Waals surface area contributed by atoms with Crippen molar-refractivity contribution in [3.8, 4) is 0 Å². The highest BCUT2D eigenvalue weighted by atomic mass is 14.9. The molecule has 0 amide bonds. The molecule has 0 aromatic heterocycles. The summed E-state index contributed by atoms with van der Waals surface area (Å²) in [5, 5.41) is 3.59. The molecule has 1 saturated heterocycles. The van der Waals surface area contributed by atoms with Gasteiger partial charge in [-0.05, 0) is 43.9 Å². The Balaban J connectivity index is 1.99. The van der Waals surface area contributed by atoms with Crippen LogP contribution in [0.2, 0.25) is 0 Å². The van der Waals surface area contributed by atoms with Crippen LogP contribution in [0, 0.1) is 6.92 Å². The van der Waals surface area contributed by atoms with E-state index < -0.39 is 0 Å². The second-order valence-electron chi connectivity index (χ2n) is 4.28. The molecule has 14 heavy (non-hydrogen) atoms. The second kappa shape index (κ2) is 4.61. The lowest BCUT2D eigenvalue weighted by molar-refractivity contribution is 0.399. The first-order valence-corrected chi connectivity index (χ1v) is 5.64. The molecule has 1 aromatic rings. The molecule has 1 atom stereocenters. The molecule has 1 aromatic carbocycles. The minimum Gasteiger partial charge on any atom is -0.314 e. The Labute approximate surface area is 86.5 Å². The Kier molecular flexibility index (Phi) is 3.20. The second-order valence-corrected chi connectivity index (χ2v) is 4.28. The van der Waals surface area contributed by atoms with Crippen molar-refractivity contribution in [3.63, 3.8) is 0 Å². The monoisotopic (exact) mass is 189 g/mol. The number of hydrogen-bond donors (Lipinski definition) is 1. The molecule has 1 aliphatic heterocycles. The molecule has 76 valence electrons. The van der Waals surface area contributed by atoms with E-state index in [2.05, 4.69) is 36.5 Å². The number of rotatable bonds is 2. The lowest BCUT2D eigenvalue weighted by atomic mass is 9.95. The zero-order chi connectivity index (χ0) is 9.80. The van der Waals surface area contributed by atoms with Crippen molar-refractivity contribution in [2.24, 2.45) is 0 Å². The Morgan fingerprint density at radius 3 is 2.86 bits per heavy atom. The van der Waals surface area contributed by atoms with Crippen molar-refractivity contribution in [1.82, 2.24) is 5.32 Å². The van der Waals surface area contributed by atoms with Gasteiger partial charge in [0.2, 0.25) is 0 Å². The molecule has 1 heterocycles. The maximum atomic E-state index is 3.59. The Bertz CT molecular complexity index is 287. The van der Waals surface area contributed by atoms with Crippen LogP contribution in [0.25, 0.3) is 0 Å². The summed E-state index contributed by atoms with van der Waals surface area (Å²) in [6.45, 7) is 3.41. The smallest absolute Gasteiger partial charge is 0.0108 e. The molecule has 0 bridgehead atoms. The lowest BCUT2D eigenvalue weighted by Gasteiger charge is -2.24. The van der Waals surface area contributed by atoms with E-state index >= 15 is 0 Å². The predicted octanol–water partition coefficient (Wildman–Crippen LogP) is 2.68. The average Bonchev–Trinajstić information content (AvgIpc) is 2.23. The van der Waals surface area contributed by atoms with E-state index in [1.165, 1.54) is 43.4 Å². The van der Waals surface area contributed by atoms with Crippen molar-refractivity contribution < 1.29 is 0 Å². The zero-order valence-electron chi connectivity index (χ0n) is 8.92. The predicted molar refractivity (Wildman–Crippen MR) is 60.5 cm³/mol. The summed E-state index contributed by atoms with van der Waals surface area (Å²) in [7, 11) is 0. The third-order valence-corrected chi connectivity index (χ3v) is 3.14. The minimum atomic E-state index is 0.713. The third kappa shape index (κ3) is 2.36. The topological polar surface area (TPSA) is 12.0 Å². The van der Waals surface area contributed by atoms with E-state index in [0.717, 1.165) is 0 Å². The molecule has 2 rings (SSSR count). The van der Waals surface area contributed by atoms with Gasteiger partial charge in [0.15, 0.2) is 0 Å². The van der Waals surface area contributed by atoms with Gasteiger partial charge in [0.1, 0.15) is 0 Å². The van der Waals surface area contributed by atoms with Gasteiger partial charge < -0.3 is 5.32 Å². The van der Waals surface area contributed by atoms with Gasteiger partial charge in [-0.3, -0.25) is 0 Å². The molecule has 0 unspecified atom stereocenters. The summed E-state index contributed by atoms with van der Waals surface area (Å²) < 4.78 is 0. The number of aryl methyl sites for hydroxylation is 1. The molecule has 1 aliphatic rings. The van der Waals surface area contributed by atoms with Gasteiger partial charge in [-0.1, -0.05) is 30.7 Å². The molecule has 1 nitrogen and oxygen atoms in total. The Morgan fingerprint density at radius 1 is 1.29 bits per heavy atom. The summed E-state index contributed by atoms with van der Waals surface area (Å²) in [4.78, 5) is 0. The van der Waals surface area contributed by atoms with Crippen molar-refractivity contribution in [3.05, 3.63) is 35.4 Å². The van der Waals surface area contributed by atoms with Crippen LogP contribution in [0.5, 0.6) is 0 Å². The van der Waals surface area contributed by atoms with Crippen molar-refractivity contribution in [2.45, 2.75) is 38.6 Å². The van der Waals surface area contributed by atoms with Crippen LogP contribution >= 0.6 is 0 Å². The minimum absolute atomic E-state index is 0.713. The van der Waals surface area contributed by atoms with Gasteiger partial charge in [0.05, 0.1) is 0 Å². The number of hydrogen-bond acceptors (Lipinski definition) is 1. The molecule has 0 spiro atoms. The van der Waals surface area contributed by atoms with Gasteiger partial charge in [0.25, 0.3) is 0 Å². The largest absolute Gasteiger partial charge is 0.314 e. The molecule has 1 fully saturated rings. The molecule has 1 N–H and O–H groups in total. The van der Waals surface area contributed by atoms with Crippen LogP contribution in [0.4, 0.5) is 0 Å². The molecule has 0 aliphatic carbocycles. The molecular formula is C13H19N. The summed E-state index contributed by atoms with van der Waals surface area (Å²) in [5.74, 6) is 0. The van der Waals surface area contributed by atoms with Crippen molar-refractivity contribution >= 4 is 0 Å². The van der Waals surface area contributed by atoms with Gasteiger partial charge in [-0.2, -0.15) is 0 Å². The van der Waals surface area contributed by atoms with E-state index in [4.69, 9.17) is 0 Å². The van der Waals surface area contributed by atoms with E-state index in [1.54, 1.807) is 0 Å². The highest BCUT2D eigenvalue weighted by Crippen LogP contribution is 2.15. The molecular weight excluding hydrogens is 170 g/mol. The van der Waals surface area contributed by atoms with Crippen molar-refractivity contribution in [1.29, 1.82) is 0 Å². The average molecular weight is 189 g/mol. The fourth-order valence-electron chi connectivity index (χ4n) is 2.20. The summed E-state index contributed by atoms with van der Waals surface area (Å²) in [5.41, 5.74) is 2.94. The quantitative estimate of drug-likeness (QED) is 0.754. The van der Waals surface area contributed by atoms with Gasteiger partial charge >= 0.3 is 0 Å². The molecule has 1 heteroatoms. The number of benzene rings is 1. The van der Waals surface area contributed by atoms with Crippen molar-refractivity contribution in [2.75, 3.05) is 6.54 Å². The summed E-state index contributed by atoms with van der Waals surface area (Å²) in [6.07, 6.45) is 5.29. The number of nitrogens with one attached hydrogen (secondary N) is 1. The van der Waals surface area contributed by atoms with Gasteiger partial charge in [-0.25, -0.2) is 0 Å². The molecule has 0 radical (unpaired) electrons. The first kappa shape index (κ1) is 9.72. The Morgan fingerprint density at radius 2 is 2.14 bits per heavy atom. The maximum Gasteiger partial charge on any atom is 0.0108 e. The van der Waals surface area contributed by atoms with Gasteiger partial charge in [-0.15, -0.1) is 0 Å². The first-order valence-electron chi connectivity index (χ1n) is 5.64. The van der Waals surface area contributed by atoms with Crippen LogP contribution < -0.4 is 5.32 Å². The number of piperidine rings is 1. The van der Waals surface area contributed by atoms with Crippen LogP contribution in [0.15, 0.2) is 24.3 Å². The van der Waals surface area contributed by atoms with E-state index in [1.807, 2.05) is 0 Å². The van der Waals surface area contributed by atoms with E-state index in [0.29, 0.717) is 6.04 Å². The highest BCUT2D eigenvalue weighted by Gasteiger charge is 2.13. The van der Waals surface area contributed by atoms with Crippen LogP contribution in [-0.2, 0) is 6.42 Å². The fourth-order valence-corrected chi connectivity index (χ4v) is 2.20. The van der Waals surface area contributed by atoms with Crippen LogP contribution in [0.1, 0.15) is 30.4 Å². The normalized spacial score (nSPS) is 22.2. The summed E-state index contributed by atoms with van der Waals surface area (Å²) in [6, 6.07) is 9.44. The summed E-state index contributed by atoms with van der Waals surface area (Å²) >= 11 is 0. The SMILES string of the molecule is Cc1ccccc1C[C@@H]1CCCCN1. The van der Waals surface area contributed by atoms with Crippen LogP contribution in [0.3, 0.4) is 0 Å². The zero-order valence-corrected chi connectivity index (χ0v) is 8.92. The standard InChI is InChI=1S/C13H19N/c1-11-6-2-3-7-12(11)10-13-8-4-5-9-14-13/h2-3,6-7,13-14H,4-5,8-10H2,1H3/t13-/m0/s1. The fraction of sp³-hybridized carbons (Fsp3) is 0.538. The maximum absolute atomic E-state index is 3.59. The van der Waals surface area contributed by atoms with E-state index in [-0.39, 0.29) is 0 Å². The third-order valence-electron chi connectivity index (χ3n) is 3.14. The van der Waals surface area contributed by atoms with Crippen LogP contribution in [-0.4, -0.2) is 12.6 Å². The first-order chi connectivity index (χ1) is 6.86. The lowest BCUT2D eigenvalue weighted by Crippen LogP contribution is -2.35. The highest BCUT2D eigenvalue weighted by molar-refractivity contribution is 5.26.